The lowest BCUT2D eigenvalue weighted by molar-refractivity contribution is -0.127. The Morgan fingerprint density at radius 3 is 2.95 bits per heavy atom. The molecule has 4 heteroatoms. The fraction of sp³-hybridized carbons (Fsp3) is 0.611. The molecule has 0 aliphatic heterocycles. The molecule has 0 bridgehead atoms. The van der Waals surface area contributed by atoms with E-state index >= 15 is 0 Å². The van der Waals surface area contributed by atoms with E-state index < -0.39 is 0 Å². The molecule has 3 rings (SSSR count). The first kappa shape index (κ1) is 15.5. The zero-order valence-corrected chi connectivity index (χ0v) is 13.1. The number of nitrogens with one attached hydrogen (secondary N) is 1. The first-order valence-corrected chi connectivity index (χ1v) is 8.39. The van der Waals surface area contributed by atoms with Crippen LogP contribution < -0.4 is 11.1 Å². The number of nitrogens with two attached hydrogens (primary N) is 1. The van der Waals surface area contributed by atoms with E-state index in [0.717, 1.165) is 43.2 Å². The van der Waals surface area contributed by atoms with Crippen LogP contribution in [0.25, 0.3) is 0 Å². The summed E-state index contributed by atoms with van der Waals surface area (Å²) >= 11 is 0. The summed E-state index contributed by atoms with van der Waals surface area (Å²) in [4.78, 5) is 12.7. The van der Waals surface area contributed by atoms with Crippen LogP contribution in [0.3, 0.4) is 0 Å². The van der Waals surface area contributed by atoms with E-state index in [0.29, 0.717) is 18.4 Å². The molecule has 3 N–H and O–H groups in total. The number of carbonyl (C=O) groups excluding carboxylic acids is 1. The maximum atomic E-state index is 14.0. The molecule has 120 valence electrons. The molecule has 1 fully saturated rings. The standard InChI is InChI=1S/C18H25FN2O/c1-11-8-9-14-15(6-3-7-16(14)19)17(11)21-18(22)13-5-2-4-12(13)10-20/h3,6-7,11-13,17H,2,4-5,8-10,20H2,1H3,(H,21,22)/t11?,12-,13-,17?/m1/s1. The smallest absolute Gasteiger partial charge is 0.223 e. The molecule has 0 heterocycles. The van der Waals surface area contributed by atoms with Gasteiger partial charge >= 0.3 is 0 Å². The molecule has 0 spiro atoms. The summed E-state index contributed by atoms with van der Waals surface area (Å²) in [5.74, 6) is 0.601. The zero-order valence-electron chi connectivity index (χ0n) is 13.1. The third-order valence-corrected chi connectivity index (χ3v) is 5.51. The normalized spacial score (nSPS) is 30.9. The summed E-state index contributed by atoms with van der Waals surface area (Å²) in [6.45, 7) is 2.71. The van der Waals surface area contributed by atoms with Crippen molar-refractivity contribution in [2.75, 3.05) is 6.54 Å². The Kier molecular flexibility index (Phi) is 4.48. The summed E-state index contributed by atoms with van der Waals surface area (Å²) in [7, 11) is 0. The van der Waals surface area contributed by atoms with Gasteiger partial charge in [-0.3, -0.25) is 4.79 Å². The van der Waals surface area contributed by atoms with Gasteiger partial charge in [-0.1, -0.05) is 25.5 Å². The molecule has 2 aliphatic rings. The molecule has 0 radical (unpaired) electrons. The van der Waals surface area contributed by atoms with Gasteiger partial charge in [0.1, 0.15) is 5.82 Å². The van der Waals surface area contributed by atoms with Crippen molar-refractivity contribution in [1.82, 2.24) is 5.32 Å². The predicted octanol–water partition coefficient (Wildman–Crippen LogP) is 2.94. The average molecular weight is 304 g/mol. The van der Waals surface area contributed by atoms with Gasteiger partial charge < -0.3 is 11.1 Å². The molecule has 3 nitrogen and oxygen atoms in total. The number of carbonyl (C=O) groups is 1. The van der Waals surface area contributed by atoms with E-state index in [1.54, 1.807) is 6.07 Å². The number of halogens is 1. The minimum Gasteiger partial charge on any atom is -0.349 e. The number of rotatable bonds is 3. The fourth-order valence-corrected chi connectivity index (χ4v) is 4.12. The molecular formula is C18H25FN2O. The van der Waals surface area contributed by atoms with Crippen LogP contribution >= 0.6 is 0 Å². The second kappa shape index (κ2) is 6.37. The summed E-state index contributed by atoms with van der Waals surface area (Å²) in [6.07, 6.45) is 4.70. The van der Waals surface area contributed by atoms with E-state index in [4.69, 9.17) is 5.73 Å². The third kappa shape index (κ3) is 2.76. The number of hydrogen-bond acceptors (Lipinski definition) is 2. The predicted molar refractivity (Wildman–Crippen MR) is 84.7 cm³/mol. The van der Waals surface area contributed by atoms with E-state index in [1.165, 1.54) is 6.07 Å². The average Bonchev–Trinajstić information content (AvgIpc) is 2.99. The minimum atomic E-state index is -0.149. The van der Waals surface area contributed by atoms with Crippen molar-refractivity contribution < 1.29 is 9.18 Å². The highest BCUT2D eigenvalue weighted by atomic mass is 19.1. The van der Waals surface area contributed by atoms with Crippen LogP contribution in [-0.2, 0) is 11.2 Å². The first-order valence-electron chi connectivity index (χ1n) is 8.39. The van der Waals surface area contributed by atoms with Gasteiger partial charge in [0.2, 0.25) is 5.91 Å². The zero-order chi connectivity index (χ0) is 15.7. The third-order valence-electron chi connectivity index (χ3n) is 5.51. The van der Waals surface area contributed by atoms with Gasteiger partial charge in [0.15, 0.2) is 0 Å². The largest absolute Gasteiger partial charge is 0.349 e. The van der Waals surface area contributed by atoms with Crippen molar-refractivity contribution >= 4 is 5.91 Å². The van der Waals surface area contributed by atoms with E-state index in [2.05, 4.69) is 12.2 Å². The van der Waals surface area contributed by atoms with Gasteiger partial charge in [0.25, 0.3) is 0 Å². The molecule has 2 unspecified atom stereocenters. The lowest BCUT2D eigenvalue weighted by Gasteiger charge is -2.33. The van der Waals surface area contributed by atoms with Crippen molar-refractivity contribution in [2.24, 2.45) is 23.5 Å². The lowest BCUT2D eigenvalue weighted by Crippen LogP contribution is -2.41. The molecule has 1 saturated carbocycles. The van der Waals surface area contributed by atoms with Gasteiger partial charge in [0, 0.05) is 5.92 Å². The van der Waals surface area contributed by atoms with Gasteiger partial charge in [-0.2, -0.15) is 0 Å². The maximum absolute atomic E-state index is 14.0. The summed E-state index contributed by atoms with van der Waals surface area (Å²) < 4.78 is 14.0. The van der Waals surface area contributed by atoms with Gasteiger partial charge in [0.05, 0.1) is 6.04 Å². The minimum absolute atomic E-state index is 0.0242. The van der Waals surface area contributed by atoms with Crippen LogP contribution in [0, 0.1) is 23.6 Å². The van der Waals surface area contributed by atoms with Gasteiger partial charge in [-0.15, -0.1) is 0 Å². The SMILES string of the molecule is CC1CCc2c(F)cccc2C1NC(=O)[C@@H]1CCC[C@@H]1CN. The summed E-state index contributed by atoms with van der Waals surface area (Å²) in [6, 6.07) is 5.12. The van der Waals surface area contributed by atoms with Crippen molar-refractivity contribution in [1.29, 1.82) is 0 Å². The second-order valence-electron chi connectivity index (χ2n) is 6.84. The molecule has 0 aromatic heterocycles. The van der Waals surface area contributed by atoms with Crippen LogP contribution in [0.15, 0.2) is 18.2 Å². The number of benzene rings is 1. The Morgan fingerprint density at radius 1 is 1.36 bits per heavy atom. The molecule has 1 amide bonds. The van der Waals surface area contributed by atoms with Crippen molar-refractivity contribution in [3.05, 3.63) is 35.1 Å². The summed E-state index contributed by atoms with van der Waals surface area (Å²) in [5.41, 5.74) is 7.51. The van der Waals surface area contributed by atoms with Gasteiger partial charge in [-0.25, -0.2) is 4.39 Å². The first-order chi connectivity index (χ1) is 10.6. The summed E-state index contributed by atoms with van der Waals surface area (Å²) in [5, 5.41) is 3.20. The Bertz CT molecular complexity index is 560. The highest BCUT2D eigenvalue weighted by molar-refractivity contribution is 5.80. The Labute approximate surface area is 131 Å². The van der Waals surface area contributed by atoms with Crippen LogP contribution in [0.1, 0.15) is 49.8 Å². The van der Waals surface area contributed by atoms with Crippen molar-refractivity contribution in [2.45, 2.75) is 45.1 Å². The quantitative estimate of drug-likeness (QED) is 0.902. The molecule has 22 heavy (non-hydrogen) atoms. The topological polar surface area (TPSA) is 55.1 Å². The van der Waals surface area contributed by atoms with Crippen molar-refractivity contribution in [3.8, 4) is 0 Å². The van der Waals surface area contributed by atoms with Crippen molar-refractivity contribution in [3.63, 3.8) is 0 Å². The van der Waals surface area contributed by atoms with E-state index in [1.807, 2.05) is 6.07 Å². The Hall–Kier alpha value is -1.42. The molecular weight excluding hydrogens is 279 g/mol. The fourth-order valence-electron chi connectivity index (χ4n) is 4.12. The van der Waals surface area contributed by atoms with Crippen LogP contribution in [-0.4, -0.2) is 12.5 Å². The molecule has 4 atom stereocenters. The highest BCUT2D eigenvalue weighted by Crippen LogP contribution is 2.37. The second-order valence-corrected chi connectivity index (χ2v) is 6.84. The van der Waals surface area contributed by atoms with Gasteiger partial charge in [-0.05, 0) is 61.3 Å². The Balaban J connectivity index is 1.80. The molecule has 2 aliphatic carbocycles. The maximum Gasteiger partial charge on any atom is 0.223 e. The monoisotopic (exact) mass is 304 g/mol. The highest BCUT2D eigenvalue weighted by Gasteiger charge is 2.35. The van der Waals surface area contributed by atoms with Crippen LogP contribution in [0.5, 0.6) is 0 Å². The number of amides is 1. The van der Waals surface area contributed by atoms with Crippen LogP contribution in [0.2, 0.25) is 0 Å². The molecule has 1 aromatic rings. The van der Waals surface area contributed by atoms with E-state index in [-0.39, 0.29) is 23.7 Å². The van der Waals surface area contributed by atoms with Crippen LogP contribution in [0.4, 0.5) is 4.39 Å². The van der Waals surface area contributed by atoms with E-state index in [9.17, 15) is 9.18 Å². The lowest BCUT2D eigenvalue weighted by atomic mass is 9.80. The molecule has 0 saturated heterocycles. The Morgan fingerprint density at radius 2 is 2.18 bits per heavy atom. The number of fused-ring (bicyclic) bond motifs is 1. The molecule has 1 aromatic carbocycles. The number of hydrogen-bond donors (Lipinski definition) is 2.